The molecule has 25 heavy (non-hydrogen) atoms. The van der Waals surface area contributed by atoms with Gasteiger partial charge in [0.25, 0.3) is 0 Å². The van der Waals surface area contributed by atoms with E-state index in [0.29, 0.717) is 5.56 Å². The summed E-state index contributed by atoms with van der Waals surface area (Å²) >= 11 is 0. The van der Waals surface area contributed by atoms with E-state index in [1.54, 1.807) is 0 Å². The normalized spacial score (nSPS) is 30.2. The molecule has 4 heteroatoms. The molecule has 2 fully saturated rings. The standard InChI is InChI=1S/C21H29F3O/c1-2-14-3-5-15(6-4-14)16-7-9-17(10-8-16)18-11-19(23)21(25-13-22)20(24)12-18/h11-12,14-17H,2-10,13H2,1H3. The lowest BCUT2D eigenvalue weighted by Gasteiger charge is -2.38. The molecule has 0 aliphatic heterocycles. The predicted octanol–water partition coefficient (Wildman–Crippen LogP) is 6.76. The van der Waals surface area contributed by atoms with Gasteiger partial charge in [0.15, 0.2) is 17.4 Å². The van der Waals surface area contributed by atoms with Crippen molar-refractivity contribution in [1.82, 2.24) is 0 Å². The quantitative estimate of drug-likeness (QED) is 0.567. The van der Waals surface area contributed by atoms with Gasteiger partial charge in [-0.1, -0.05) is 26.2 Å². The SMILES string of the molecule is CCC1CCC(C2CCC(c3cc(F)c(OCF)c(F)c3)CC2)CC1. The number of hydrogen-bond acceptors (Lipinski definition) is 1. The van der Waals surface area contributed by atoms with Gasteiger partial charge in [-0.3, -0.25) is 0 Å². The van der Waals surface area contributed by atoms with Gasteiger partial charge in [-0.05, 0) is 79.9 Å². The van der Waals surface area contributed by atoms with Gasteiger partial charge in [-0.25, -0.2) is 13.2 Å². The molecule has 0 atom stereocenters. The molecule has 140 valence electrons. The molecule has 2 saturated carbocycles. The van der Waals surface area contributed by atoms with E-state index >= 15 is 0 Å². The van der Waals surface area contributed by atoms with Crippen molar-refractivity contribution in [2.45, 2.75) is 70.6 Å². The third-order valence-electron chi connectivity index (χ3n) is 6.60. The first-order valence-electron chi connectivity index (χ1n) is 9.80. The van der Waals surface area contributed by atoms with Gasteiger partial charge in [-0.2, -0.15) is 0 Å². The highest BCUT2D eigenvalue weighted by atomic mass is 19.1. The molecule has 0 spiro atoms. The number of ether oxygens (including phenoxy) is 1. The van der Waals surface area contributed by atoms with Crippen LogP contribution in [0, 0.1) is 29.4 Å². The van der Waals surface area contributed by atoms with Crippen LogP contribution in [-0.4, -0.2) is 6.86 Å². The summed E-state index contributed by atoms with van der Waals surface area (Å²) in [5.74, 6) is 0.540. The molecule has 1 nitrogen and oxygen atoms in total. The first kappa shape index (κ1) is 18.6. The summed E-state index contributed by atoms with van der Waals surface area (Å²) in [5, 5.41) is 0. The summed E-state index contributed by atoms with van der Waals surface area (Å²) in [6, 6.07) is 2.65. The summed E-state index contributed by atoms with van der Waals surface area (Å²) in [6.07, 6.45) is 11.0. The average molecular weight is 354 g/mol. The minimum atomic E-state index is -1.22. The highest BCUT2D eigenvalue weighted by Crippen LogP contribution is 2.44. The lowest BCUT2D eigenvalue weighted by molar-refractivity contribution is 0.158. The Hall–Kier alpha value is -1.19. The first-order chi connectivity index (χ1) is 12.1. The van der Waals surface area contributed by atoms with E-state index in [4.69, 9.17) is 0 Å². The van der Waals surface area contributed by atoms with Crippen LogP contribution < -0.4 is 4.74 Å². The Labute approximate surface area is 149 Å². The number of benzene rings is 1. The number of rotatable bonds is 5. The van der Waals surface area contributed by atoms with Crippen molar-refractivity contribution >= 4 is 0 Å². The van der Waals surface area contributed by atoms with Crippen LogP contribution in [0.3, 0.4) is 0 Å². The van der Waals surface area contributed by atoms with E-state index < -0.39 is 24.2 Å². The summed E-state index contributed by atoms with van der Waals surface area (Å²) in [4.78, 5) is 0. The second kappa shape index (κ2) is 8.46. The summed E-state index contributed by atoms with van der Waals surface area (Å²) < 4.78 is 44.5. The Kier molecular flexibility index (Phi) is 6.29. The van der Waals surface area contributed by atoms with Crippen molar-refractivity contribution in [3.05, 3.63) is 29.3 Å². The fourth-order valence-corrected chi connectivity index (χ4v) is 5.00. The second-order valence-electron chi connectivity index (χ2n) is 7.87. The van der Waals surface area contributed by atoms with Crippen molar-refractivity contribution in [1.29, 1.82) is 0 Å². The lowest BCUT2D eigenvalue weighted by Crippen LogP contribution is -2.25. The molecule has 2 aliphatic rings. The zero-order chi connectivity index (χ0) is 17.8. The monoisotopic (exact) mass is 354 g/mol. The predicted molar refractivity (Wildman–Crippen MR) is 93.4 cm³/mol. The molecular weight excluding hydrogens is 325 g/mol. The smallest absolute Gasteiger partial charge is 0.228 e. The Bertz CT molecular complexity index is 535. The van der Waals surface area contributed by atoms with Gasteiger partial charge in [-0.15, -0.1) is 0 Å². The van der Waals surface area contributed by atoms with Gasteiger partial charge >= 0.3 is 0 Å². The molecule has 2 aliphatic carbocycles. The van der Waals surface area contributed by atoms with Crippen molar-refractivity contribution in [2.75, 3.05) is 6.86 Å². The fourth-order valence-electron chi connectivity index (χ4n) is 5.00. The minimum absolute atomic E-state index is 0.201. The first-order valence-corrected chi connectivity index (χ1v) is 9.80. The average Bonchev–Trinajstić information content (AvgIpc) is 2.65. The molecule has 0 N–H and O–H groups in total. The van der Waals surface area contributed by atoms with Crippen LogP contribution in [-0.2, 0) is 0 Å². The van der Waals surface area contributed by atoms with E-state index in [1.807, 2.05) is 0 Å². The fraction of sp³-hybridized carbons (Fsp3) is 0.714. The van der Waals surface area contributed by atoms with E-state index in [1.165, 1.54) is 44.2 Å². The van der Waals surface area contributed by atoms with Crippen LogP contribution in [0.1, 0.15) is 76.2 Å². The molecule has 0 radical (unpaired) electrons. The number of halogens is 3. The van der Waals surface area contributed by atoms with Crippen LogP contribution in [0.15, 0.2) is 12.1 Å². The number of alkyl halides is 1. The molecule has 1 aromatic carbocycles. The second-order valence-corrected chi connectivity index (χ2v) is 7.87. The van der Waals surface area contributed by atoms with Crippen molar-refractivity contribution in [3.63, 3.8) is 0 Å². The molecule has 0 aromatic heterocycles. The molecular formula is C21H29F3O. The lowest BCUT2D eigenvalue weighted by atomic mass is 9.68. The molecule has 0 saturated heterocycles. The largest absolute Gasteiger partial charge is 0.457 e. The van der Waals surface area contributed by atoms with Gasteiger partial charge in [0.2, 0.25) is 6.86 Å². The van der Waals surface area contributed by atoms with E-state index in [0.717, 1.165) is 43.4 Å². The maximum atomic E-state index is 14.0. The molecule has 0 unspecified atom stereocenters. The summed E-state index contributed by atoms with van der Waals surface area (Å²) in [6.45, 7) is 1.07. The molecule has 3 rings (SSSR count). The zero-order valence-corrected chi connectivity index (χ0v) is 15.1. The highest BCUT2D eigenvalue weighted by molar-refractivity contribution is 5.33. The maximum absolute atomic E-state index is 14.0. The van der Waals surface area contributed by atoms with Crippen molar-refractivity contribution in [2.24, 2.45) is 17.8 Å². The van der Waals surface area contributed by atoms with E-state index in [-0.39, 0.29) is 5.92 Å². The van der Waals surface area contributed by atoms with Crippen LogP contribution in [0.4, 0.5) is 13.2 Å². The Morgan fingerprint density at radius 1 is 0.880 bits per heavy atom. The summed E-state index contributed by atoms with van der Waals surface area (Å²) in [5.41, 5.74) is 0.689. The topological polar surface area (TPSA) is 9.23 Å². The minimum Gasteiger partial charge on any atom is -0.457 e. The molecule has 0 amide bonds. The van der Waals surface area contributed by atoms with Crippen LogP contribution in [0.5, 0.6) is 5.75 Å². The Morgan fingerprint density at radius 3 is 1.88 bits per heavy atom. The Morgan fingerprint density at radius 2 is 1.40 bits per heavy atom. The summed E-state index contributed by atoms with van der Waals surface area (Å²) in [7, 11) is 0. The van der Waals surface area contributed by atoms with Gasteiger partial charge in [0.1, 0.15) is 0 Å². The van der Waals surface area contributed by atoms with Crippen molar-refractivity contribution in [3.8, 4) is 5.75 Å². The van der Waals surface area contributed by atoms with Gasteiger partial charge < -0.3 is 4.74 Å². The van der Waals surface area contributed by atoms with Gasteiger partial charge in [0, 0.05) is 0 Å². The highest BCUT2D eigenvalue weighted by Gasteiger charge is 2.31. The zero-order valence-electron chi connectivity index (χ0n) is 15.1. The van der Waals surface area contributed by atoms with Crippen LogP contribution >= 0.6 is 0 Å². The third-order valence-corrected chi connectivity index (χ3v) is 6.60. The number of hydrogen-bond donors (Lipinski definition) is 0. The molecule has 0 heterocycles. The third kappa shape index (κ3) is 4.32. The maximum Gasteiger partial charge on any atom is 0.228 e. The van der Waals surface area contributed by atoms with E-state index in [9.17, 15) is 13.2 Å². The Balaban J connectivity index is 1.57. The van der Waals surface area contributed by atoms with Gasteiger partial charge in [0.05, 0.1) is 0 Å². The molecule has 0 bridgehead atoms. The van der Waals surface area contributed by atoms with Crippen LogP contribution in [0.25, 0.3) is 0 Å². The van der Waals surface area contributed by atoms with E-state index in [2.05, 4.69) is 11.7 Å². The van der Waals surface area contributed by atoms with Crippen LogP contribution in [0.2, 0.25) is 0 Å². The van der Waals surface area contributed by atoms with Crippen molar-refractivity contribution < 1.29 is 17.9 Å². The molecule has 1 aromatic rings.